The molecule has 0 atom stereocenters. The Balaban J connectivity index is 1.97. The molecule has 96 valence electrons. The molecule has 0 aliphatic carbocycles. The number of nitrogens with zero attached hydrogens (tertiary/aromatic N) is 1. The van der Waals surface area contributed by atoms with Gasteiger partial charge in [0.25, 0.3) is 0 Å². The van der Waals surface area contributed by atoms with Gasteiger partial charge in [-0.2, -0.15) is 0 Å². The molecular formula is C14H18N2OS. The Morgan fingerprint density at radius 2 is 2.06 bits per heavy atom. The summed E-state index contributed by atoms with van der Waals surface area (Å²) in [6.45, 7) is 0.742. The molecule has 0 aliphatic heterocycles. The van der Waals surface area contributed by atoms with E-state index in [-0.39, 0.29) is 0 Å². The van der Waals surface area contributed by atoms with Crippen molar-refractivity contribution in [1.82, 2.24) is 4.98 Å². The zero-order chi connectivity index (χ0) is 12.8. The van der Waals surface area contributed by atoms with Crippen molar-refractivity contribution in [3.63, 3.8) is 0 Å². The van der Waals surface area contributed by atoms with Crippen molar-refractivity contribution in [2.75, 3.05) is 13.7 Å². The molecule has 0 aliphatic rings. The lowest BCUT2D eigenvalue weighted by Crippen LogP contribution is -1.99. The second-order valence-corrected chi connectivity index (χ2v) is 5.34. The summed E-state index contributed by atoms with van der Waals surface area (Å²) in [5, 5.41) is 1.16. The summed E-state index contributed by atoms with van der Waals surface area (Å²) in [4.78, 5) is 5.78. The molecule has 0 saturated heterocycles. The van der Waals surface area contributed by atoms with E-state index in [0.29, 0.717) is 0 Å². The Morgan fingerprint density at radius 1 is 1.28 bits per heavy atom. The van der Waals surface area contributed by atoms with Crippen molar-refractivity contribution < 1.29 is 4.74 Å². The van der Waals surface area contributed by atoms with Gasteiger partial charge in [0.15, 0.2) is 0 Å². The lowest BCUT2D eigenvalue weighted by molar-refractivity contribution is 0.414. The number of methoxy groups -OCH3 is 1. The van der Waals surface area contributed by atoms with Gasteiger partial charge < -0.3 is 10.5 Å². The summed E-state index contributed by atoms with van der Waals surface area (Å²) in [7, 11) is 1.68. The van der Waals surface area contributed by atoms with Crippen LogP contribution in [0.5, 0.6) is 5.75 Å². The zero-order valence-corrected chi connectivity index (χ0v) is 11.4. The molecule has 2 aromatic rings. The Kier molecular flexibility index (Phi) is 4.73. The van der Waals surface area contributed by atoms with Crippen LogP contribution in [0.15, 0.2) is 30.5 Å². The Labute approximate surface area is 112 Å². The number of hydrogen-bond donors (Lipinski definition) is 1. The average Bonchev–Trinajstić information content (AvgIpc) is 2.85. The normalized spacial score (nSPS) is 10.6. The lowest BCUT2D eigenvalue weighted by atomic mass is 10.1. The molecular weight excluding hydrogens is 244 g/mol. The van der Waals surface area contributed by atoms with E-state index in [1.807, 2.05) is 18.3 Å². The molecule has 2 rings (SSSR count). The first-order valence-electron chi connectivity index (χ1n) is 6.08. The van der Waals surface area contributed by atoms with E-state index in [0.717, 1.165) is 36.6 Å². The van der Waals surface area contributed by atoms with E-state index in [9.17, 15) is 0 Å². The van der Waals surface area contributed by atoms with Gasteiger partial charge >= 0.3 is 0 Å². The first-order chi connectivity index (χ1) is 8.81. The third-order valence-electron chi connectivity index (χ3n) is 2.74. The molecule has 4 heteroatoms. The summed E-state index contributed by atoms with van der Waals surface area (Å²) in [6, 6.07) is 8.14. The highest BCUT2D eigenvalue weighted by Crippen LogP contribution is 2.19. The molecule has 3 nitrogen and oxygen atoms in total. The zero-order valence-electron chi connectivity index (χ0n) is 10.6. The number of hydrogen-bond acceptors (Lipinski definition) is 4. The van der Waals surface area contributed by atoms with E-state index >= 15 is 0 Å². The van der Waals surface area contributed by atoms with E-state index in [4.69, 9.17) is 10.5 Å². The molecule has 0 spiro atoms. The van der Waals surface area contributed by atoms with Crippen molar-refractivity contribution in [1.29, 1.82) is 0 Å². The van der Waals surface area contributed by atoms with Gasteiger partial charge in [-0.3, -0.25) is 0 Å². The largest absolute Gasteiger partial charge is 0.497 e. The maximum absolute atomic E-state index is 5.51. The summed E-state index contributed by atoms with van der Waals surface area (Å²) in [6.07, 6.45) is 4.93. The third-order valence-corrected chi connectivity index (χ3v) is 3.80. The van der Waals surface area contributed by atoms with Crippen LogP contribution in [-0.2, 0) is 12.8 Å². The van der Waals surface area contributed by atoms with Gasteiger partial charge in [0, 0.05) is 17.5 Å². The van der Waals surface area contributed by atoms with Crippen molar-refractivity contribution >= 4 is 11.3 Å². The fraction of sp³-hybridized carbons (Fsp3) is 0.357. The van der Waals surface area contributed by atoms with Gasteiger partial charge in [0.1, 0.15) is 5.75 Å². The molecule has 0 fully saturated rings. The van der Waals surface area contributed by atoms with Crippen LogP contribution >= 0.6 is 11.3 Å². The van der Waals surface area contributed by atoms with E-state index < -0.39 is 0 Å². The minimum absolute atomic E-state index is 0.742. The number of ether oxygens (including phenoxy) is 1. The van der Waals surface area contributed by atoms with Crippen LogP contribution in [0.3, 0.4) is 0 Å². The predicted octanol–water partition coefficient (Wildman–Crippen LogP) is 2.63. The number of aromatic nitrogens is 1. The maximum atomic E-state index is 5.51. The fourth-order valence-corrected chi connectivity index (χ4v) is 2.74. The second-order valence-electron chi connectivity index (χ2n) is 4.14. The lowest BCUT2D eigenvalue weighted by Gasteiger charge is -2.01. The van der Waals surface area contributed by atoms with Gasteiger partial charge in [-0.25, -0.2) is 4.98 Å². The Bertz CT molecular complexity index is 479. The highest BCUT2D eigenvalue weighted by Gasteiger charge is 2.03. The van der Waals surface area contributed by atoms with Crippen LogP contribution in [0, 0.1) is 0 Å². The summed E-state index contributed by atoms with van der Waals surface area (Å²) < 4.78 is 5.14. The smallest absolute Gasteiger partial charge is 0.118 e. The van der Waals surface area contributed by atoms with Crippen LogP contribution in [0.1, 0.15) is 21.9 Å². The summed E-state index contributed by atoms with van der Waals surface area (Å²) in [5.74, 6) is 0.890. The highest BCUT2D eigenvalue weighted by molar-refractivity contribution is 7.11. The molecule has 0 amide bonds. The minimum atomic E-state index is 0.742. The number of aryl methyl sites for hydroxylation is 1. The topological polar surface area (TPSA) is 48.1 Å². The molecule has 18 heavy (non-hydrogen) atoms. The summed E-state index contributed by atoms with van der Waals surface area (Å²) in [5.41, 5.74) is 6.77. The number of benzene rings is 1. The average molecular weight is 262 g/mol. The molecule has 1 heterocycles. The monoisotopic (exact) mass is 262 g/mol. The van der Waals surface area contributed by atoms with Crippen molar-refractivity contribution in [2.45, 2.75) is 19.3 Å². The number of thiazole rings is 1. The number of nitrogens with two attached hydrogens (primary N) is 1. The third kappa shape index (κ3) is 3.55. The molecule has 0 bridgehead atoms. The van der Waals surface area contributed by atoms with Crippen LogP contribution in [0.2, 0.25) is 0 Å². The van der Waals surface area contributed by atoms with E-state index in [1.54, 1.807) is 18.4 Å². The van der Waals surface area contributed by atoms with Crippen molar-refractivity contribution in [2.24, 2.45) is 5.73 Å². The standard InChI is InChI=1S/C14H18N2OS/c1-17-12-6-4-11(5-7-12)9-14-16-10-13(18-14)3-2-8-15/h4-7,10H,2-3,8-9,15H2,1H3. The first kappa shape index (κ1) is 13.1. The van der Waals surface area contributed by atoms with Crippen LogP contribution < -0.4 is 10.5 Å². The van der Waals surface area contributed by atoms with Gasteiger partial charge in [0.05, 0.1) is 12.1 Å². The number of rotatable bonds is 6. The quantitative estimate of drug-likeness (QED) is 0.870. The fourth-order valence-electron chi connectivity index (χ4n) is 1.74. The summed E-state index contributed by atoms with van der Waals surface area (Å²) >= 11 is 1.78. The molecule has 2 N–H and O–H groups in total. The van der Waals surface area contributed by atoms with Crippen LogP contribution in [-0.4, -0.2) is 18.6 Å². The Hall–Kier alpha value is -1.39. The van der Waals surface area contributed by atoms with E-state index in [1.165, 1.54) is 10.4 Å². The molecule has 1 aromatic heterocycles. The van der Waals surface area contributed by atoms with Crippen molar-refractivity contribution in [3.05, 3.63) is 45.9 Å². The molecule has 1 aromatic carbocycles. The van der Waals surface area contributed by atoms with Crippen molar-refractivity contribution in [3.8, 4) is 5.75 Å². The van der Waals surface area contributed by atoms with Gasteiger partial charge in [-0.05, 0) is 37.1 Å². The first-order valence-corrected chi connectivity index (χ1v) is 6.90. The Morgan fingerprint density at radius 3 is 2.72 bits per heavy atom. The molecule has 0 radical (unpaired) electrons. The second kappa shape index (κ2) is 6.52. The SMILES string of the molecule is COc1ccc(Cc2ncc(CCCN)s2)cc1. The van der Waals surface area contributed by atoms with Crippen LogP contribution in [0.4, 0.5) is 0 Å². The molecule has 0 saturated carbocycles. The van der Waals surface area contributed by atoms with Gasteiger partial charge in [0.2, 0.25) is 0 Å². The van der Waals surface area contributed by atoms with Gasteiger partial charge in [-0.15, -0.1) is 11.3 Å². The van der Waals surface area contributed by atoms with Crippen LogP contribution in [0.25, 0.3) is 0 Å². The molecule has 0 unspecified atom stereocenters. The predicted molar refractivity (Wildman–Crippen MR) is 75.3 cm³/mol. The van der Waals surface area contributed by atoms with E-state index in [2.05, 4.69) is 17.1 Å². The highest BCUT2D eigenvalue weighted by atomic mass is 32.1. The maximum Gasteiger partial charge on any atom is 0.118 e. The van der Waals surface area contributed by atoms with Gasteiger partial charge in [-0.1, -0.05) is 12.1 Å². The minimum Gasteiger partial charge on any atom is -0.497 e.